The minimum Gasteiger partial charge on any atom is -0.465 e. The van der Waals surface area contributed by atoms with Crippen LogP contribution in [0.4, 0.5) is 0 Å². The molecule has 1 unspecified atom stereocenters. The number of nitrogens with zero attached hydrogens (tertiary/aromatic N) is 3. The summed E-state index contributed by atoms with van der Waals surface area (Å²) < 4.78 is 6.66. The van der Waals surface area contributed by atoms with Gasteiger partial charge in [-0.25, -0.2) is 0 Å². The van der Waals surface area contributed by atoms with E-state index in [4.69, 9.17) is 10.5 Å². The number of carbonyl (C=O) groups is 1. The molecule has 0 spiro atoms. The van der Waals surface area contributed by atoms with E-state index in [9.17, 15) is 4.79 Å². The number of hydrogen-bond donors (Lipinski definition) is 1. The Labute approximate surface area is 98.6 Å². The largest absolute Gasteiger partial charge is 0.465 e. The Morgan fingerprint density at radius 1 is 1.75 bits per heavy atom. The third-order valence-electron chi connectivity index (χ3n) is 1.91. The van der Waals surface area contributed by atoms with Crippen molar-refractivity contribution < 1.29 is 9.53 Å². The van der Waals surface area contributed by atoms with Gasteiger partial charge in [0.2, 0.25) is 0 Å². The molecule has 0 aliphatic rings. The fourth-order valence-electron chi connectivity index (χ4n) is 0.973. The maximum Gasteiger partial charge on any atom is 0.326 e. The first-order valence-corrected chi connectivity index (χ1v) is 5.89. The number of ether oxygens (including phenoxy) is 1. The molecule has 1 rings (SSSR count). The van der Waals surface area contributed by atoms with E-state index in [1.54, 1.807) is 24.7 Å². The highest BCUT2D eigenvalue weighted by Gasteiger charge is 2.30. The Balaban J connectivity index is 2.54. The van der Waals surface area contributed by atoms with Gasteiger partial charge in [0.15, 0.2) is 5.16 Å². The molecule has 1 atom stereocenters. The Morgan fingerprint density at radius 3 is 2.94 bits per heavy atom. The first kappa shape index (κ1) is 13.0. The minimum atomic E-state index is -1.01. The summed E-state index contributed by atoms with van der Waals surface area (Å²) in [4.78, 5) is 11.5. The second-order valence-corrected chi connectivity index (χ2v) is 4.59. The molecule has 2 N–H and O–H groups in total. The number of nitrogens with two attached hydrogens (primary N) is 1. The highest BCUT2D eigenvalue weighted by molar-refractivity contribution is 7.99. The first-order chi connectivity index (χ1) is 7.47. The topological polar surface area (TPSA) is 83.0 Å². The number of aryl methyl sites for hydroxylation is 1. The minimum absolute atomic E-state index is 0.334. The third kappa shape index (κ3) is 3.21. The van der Waals surface area contributed by atoms with E-state index < -0.39 is 11.5 Å². The lowest BCUT2D eigenvalue weighted by Crippen LogP contribution is -2.48. The molecule has 0 aliphatic heterocycles. The van der Waals surface area contributed by atoms with E-state index in [0.29, 0.717) is 12.4 Å². The highest BCUT2D eigenvalue weighted by Crippen LogP contribution is 2.19. The second kappa shape index (κ2) is 5.31. The predicted molar refractivity (Wildman–Crippen MR) is 61.0 cm³/mol. The van der Waals surface area contributed by atoms with Gasteiger partial charge in [0.05, 0.1) is 6.61 Å². The van der Waals surface area contributed by atoms with Gasteiger partial charge in [-0.05, 0) is 13.8 Å². The quantitative estimate of drug-likeness (QED) is 0.588. The molecule has 0 saturated carbocycles. The summed E-state index contributed by atoms with van der Waals surface area (Å²) in [6, 6.07) is 0. The van der Waals surface area contributed by atoms with Crippen molar-refractivity contribution in [3.63, 3.8) is 0 Å². The van der Waals surface area contributed by atoms with Crippen LogP contribution in [-0.2, 0) is 16.6 Å². The van der Waals surface area contributed by atoms with Gasteiger partial charge in [-0.15, -0.1) is 10.2 Å². The lowest BCUT2D eigenvalue weighted by Gasteiger charge is -2.21. The van der Waals surface area contributed by atoms with Crippen LogP contribution in [-0.4, -0.2) is 38.6 Å². The van der Waals surface area contributed by atoms with E-state index in [1.165, 1.54) is 11.8 Å². The number of aromatic nitrogens is 3. The molecule has 0 amide bonds. The number of hydrogen-bond acceptors (Lipinski definition) is 6. The zero-order valence-electron chi connectivity index (χ0n) is 9.64. The average Bonchev–Trinajstić information content (AvgIpc) is 2.61. The third-order valence-corrected chi connectivity index (χ3v) is 3.28. The van der Waals surface area contributed by atoms with Crippen LogP contribution in [0.2, 0.25) is 0 Å². The summed E-state index contributed by atoms with van der Waals surface area (Å²) >= 11 is 1.38. The van der Waals surface area contributed by atoms with Crippen molar-refractivity contribution in [3.05, 3.63) is 6.33 Å². The smallest absolute Gasteiger partial charge is 0.326 e. The molecular formula is C9H16N4O2S. The first-order valence-electron chi connectivity index (χ1n) is 4.90. The maximum atomic E-state index is 11.5. The van der Waals surface area contributed by atoms with Crippen molar-refractivity contribution in [1.82, 2.24) is 14.8 Å². The van der Waals surface area contributed by atoms with E-state index in [0.717, 1.165) is 5.16 Å². The van der Waals surface area contributed by atoms with Crippen molar-refractivity contribution in [3.8, 4) is 0 Å². The van der Waals surface area contributed by atoms with E-state index >= 15 is 0 Å². The molecule has 90 valence electrons. The van der Waals surface area contributed by atoms with Crippen LogP contribution in [0.3, 0.4) is 0 Å². The fourth-order valence-corrected chi connectivity index (χ4v) is 1.88. The SMILES string of the molecule is CCOC(=O)C(C)(N)CSc1nncn1C. The van der Waals surface area contributed by atoms with Gasteiger partial charge in [0.1, 0.15) is 11.9 Å². The molecular weight excluding hydrogens is 228 g/mol. The van der Waals surface area contributed by atoms with Gasteiger partial charge < -0.3 is 15.0 Å². The van der Waals surface area contributed by atoms with Gasteiger partial charge in [-0.1, -0.05) is 11.8 Å². The van der Waals surface area contributed by atoms with Crippen LogP contribution in [0.1, 0.15) is 13.8 Å². The van der Waals surface area contributed by atoms with Crippen molar-refractivity contribution in [2.75, 3.05) is 12.4 Å². The van der Waals surface area contributed by atoms with E-state index in [2.05, 4.69) is 10.2 Å². The van der Waals surface area contributed by atoms with Crippen LogP contribution in [0.15, 0.2) is 11.5 Å². The highest BCUT2D eigenvalue weighted by atomic mass is 32.2. The summed E-state index contributed by atoms with van der Waals surface area (Å²) in [5, 5.41) is 8.35. The molecule has 1 aromatic heterocycles. The van der Waals surface area contributed by atoms with Gasteiger partial charge in [0, 0.05) is 12.8 Å². The van der Waals surface area contributed by atoms with Gasteiger partial charge in [0.25, 0.3) is 0 Å². The molecule has 0 saturated heterocycles. The van der Waals surface area contributed by atoms with E-state index in [-0.39, 0.29) is 0 Å². The zero-order chi connectivity index (χ0) is 12.2. The maximum absolute atomic E-state index is 11.5. The summed E-state index contributed by atoms with van der Waals surface area (Å²) in [6.45, 7) is 3.73. The van der Waals surface area contributed by atoms with Gasteiger partial charge >= 0.3 is 5.97 Å². The summed E-state index contributed by atoms with van der Waals surface area (Å²) in [5.74, 6) is 0.00270. The Kier molecular flexibility index (Phi) is 4.31. The monoisotopic (exact) mass is 244 g/mol. The van der Waals surface area contributed by atoms with Crippen LogP contribution in [0.5, 0.6) is 0 Å². The molecule has 7 heteroatoms. The second-order valence-electron chi connectivity index (χ2n) is 3.65. The summed E-state index contributed by atoms with van der Waals surface area (Å²) in [7, 11) is 1.83. The van der Waals surface area contributed by atoms with Crippen LogP contribution >= 0.6 is 11.8 Å². The zero-order valence-corrected chi connectivity index (χ0v) is 10.5. The number of thioether (sulfide) groups is 1. The molecule has 0 radical (unpaired) electrons. The molecule has 0 aliphatic carbocycles. The standard InChI is InChI=1S/C9H16N4O2S/c1-4-15-7(14)9(2,10)5-16-8-12-11-6-13(8)3/h6H,4-5,10H2,1-3H3. The van der Waals surface area contributed by atoms with E-state index in [1.807, 2.05) is 7.05 Å². The molecule has 16 heavy (non-hydrogen) atoms. The molecule has 0 fully saturated rings. The molecule has 1 heterocycles. The summed E-state index contributed by atoms with van der Waals surface area (Å²) in [6.07, 6.45) is 1.60. The predicted octanol–water partition coefficient (Wildman–Crippen LogP) is 0.188. The molecule has 0 bridgehead atoms. The normalized spacial score (nSPS) is 14.5. The van der Waals surface area contributed by atoms with Gasteiger partial charge in [-0.2, -0.15) is 0 Å². The van der Waals surface area contributed by atoms with Gasteiger partial charge in [-0.3, -0.25) is 4.79 Å². The summed E-state index contributed by atoms with van der Waals surface area (Å²) in [5.41, 5.74) is 4.85. The lowest BCUT2D eigenvalue weighted by atomic mass is 10.1. The number of rotatable bonds is 5. The molecule has 6 nitrogen and oxygen atoms in total. The van der Waals surface area contributed by atoms with Crippen molar-refractivity contribution >= 4 is 17.7 Å². The van der Waals surface area contributed by atoms with Crippen molar-refractivity contribution in [2.45, 2.75) is 24.5 Å². The lowest BCUT2D eigenvalue weighted by molar-refractivity contribution is -0.148. The van der Waals surface area contributed by atoms with Crippen LogP contribution < -0.4 is 5.73 Å². The average molecular weight is 244 g/mol. The fraction of sp³-hybridized carbons (Fsp3) is 0.667. The van der Waals surface area contributed by atoms with Crippen LogP contribution in [0, 0.1) is 0 Å². The Bertz CT molecular complexity index is 364. The Morgan fingerprint density at radius 2 is 2.44 bits per heavy atom. The van der Waals surface area contributed by atoms with Crippen molar-refractivity contribution in [1.29, 1.82) is 0 Å². The number of esters is 1. The Hall–Kier alpha value is -1.08. The molecule has 0 aromatic carbocycles. The van der Waals surface area contributed by atoms with Crippen LogP contribution in [0.25, 0.3) is 0 Å². The number of carbonyl (C=O) groups excluding carboxylic acids is 1. The van der Waals surface area contributed by atoms with Crippen molar-refractivity contribution in [2.24, 2.45) is 12.8 Å². The molecule has 1 aromatic rings.